The molecule has 1 heterocycles. The van der Waals surface area contributed by atoms with Crippen LogP contribution >= 0.6 is 11.6 Å². The number of carbonyl (C=O) groups is 1. The molecule has 0 spiro atoms. The van der Waals surface area contributed by atoms with Gasteiger partial charge in [0, 0.05) is 11.8 Å². The van der Waals surface area contributed by atoms with E-state index in [1.807, 2.05) is 0 Å². The van der Waals surface area contributed by atoms with Crippen molar-refractivity contribution in [3.8, 4) is 5.75 Å². The van der Waals surface area contributed by atoms with Gasteiger partial charge in [0.05, 0.1) is 15.8 Å². The lowest BCUT2D eigenvalue weighted by Crippen LogP contribution is -2.20. The molecule has 28 heavy (non-hydrogen) atoms. The van der Waals surface area contributed by atoms with Crippen LogP contribution in [0.5, 0.6) is 5.75 Å². The number of anilines is 1. The Bertz CT molecular complexity index is 1270. The Morgan fingerprint density at radius 2 is 1.89 bits per heavy atom. The van der Waals surface area contributed by atoms with Gasteiger partial charge in [0.25, 0.3) is 5.91 Å². The van der Waals surface area contributed by atoms with Crippen molar-refractivity contribution in [3.63, 3.8) is 0 Å². The molecule has 0 aliphatic rings. The molecule has 0 radical (unpaired) electrons. The summed E-state index contributed by atoms with van der Waals surface area (Å²) < 4.78 is 24.9. The van der Waals surface area contributed by atoms with E-state index in [0.717, 1.165) is 0 Å². The fourth-order valence-electron chi connectivity index (χ4n) is 2.82. The Hall–Kier alpha value is -3.38. The average molecular weight is 398 g/mol. The third kappa shape index (κ3) is 3.42. The second-order valence-electron chi connectivity index (χ2n) is 6.03. The summed E-state index contributed by atoms with van der Waals surface area (Å²) in [4.78, 5) is 24.7. The van der Waals surface area contributed by atoms with E-state index in [0.29, 0.717) is 21.8 Å². The van der Waals surface area contributed by atoms with Crippen LogP contribution in [0, 0.1) is 5.82 Å². The van der Waals surface area contributed by atoms with Crippen molar-refractivity contribution in [1.82, 2.24) is 0 Å². The van der Waals surface area contributed by atoms with Crippen LogP contribution in [0.2, 0.25) is 5.02 Å². The summed E-state index contributed by atoms with van der Waals surface area (Å²) in [5.74, 6) is -0.654. The van der Waals surface area contributed by atoms with Crippen LogP contribution in [0.4, 0.5) is 10.1 Å². The standard InChI is InChI=1S/C21H13ClFNO4/c22-15-5-1-2-7-17(15)27-11-19(25)24-12-8-9-13-18(10-12)28-21-14(20(13)26)4-3-6-16(21)23/h1-10H,11H2,(H,24,25). The molecule has 0 unspecified atom stereocenters. The summed E-state index contributed by atoms with van der Waals surface area (Å²) in [6.45, 7) is -0.252. The third-order valence-electron chi connectivity index (χ3n) is 4.13. The number of para-hydroxylation sites is 2. The minimum Gasteiger partial charge on any atom is -0.482 e. The van der Waals surface area contributed by atoms with Crippen molar-refractivity contribution in [1.29, 1.82) is 0 Å². The maximum Gasteiger partial charge on any atom is 0.262 e. The summed E-state index contributed by atoms with van der Waals surface area (Å²) in [7, 11) is 0. The van der Waals surface area contributed by atoms with Gasteiger partial charge in [-0.25, -0.2) is 4.39 Å². The highest BCUT2D eigenvalue weighted by Gasteiger charge is 2.12. The highest BCUT2D eigenvalue weighted by molar-refractivity contribution is 6.32. The van der Waals surface area contributed by atoms with Crippen LogP contribution in [0.25, 0.3) is 21.9 Å². The number of benzene rings is 3. The number of halogens is 2. The Kier molecular flexibility index (Phi) is 4.71. The second-order valence-corrected chi connectivity index (χ2v) is 6.43. The van der Waals surface area contributed by atoms with Gasteiger partial charge in [-0.05, 0) is 36.4 Å². The fraction of sp³-hybridized carbons (Fsp3) is 0.0476. The molecule has 5 nitrogen and oxygen atoms in total. The Labute approximate surface area is 163 Å². The predicted octanol–water partition coefficient (Wildman–Crippen LogP) is 4.76. The van der Waals surface area contributed by atoms with Crippen LogP contribution in [0.1, 0.15) is 0 Å². The maximum absolute atomic E-state index is 14.0. The van der Waals surface area contributed by atoms with E-state index < -0.39 is 11.7 Å². The Morgan fingerprint density at radius 1 is 1.07 bits per heavy atom. The first-order valence-electron chi connectivity index (χ1n) is 8.35. The maximum atomic E-state index is 14.0. The first-order chi connectivity index (χ1) is 13.5. The monoisotopic (exact) mass is 397 g/mol. The molecule has 0 atom stereocenters. The number of fused-ring (bicyclic) bond motifs is 2. The Balaban J connectivity index is 1.58. The van der Waals surface area contributed by atoms with E-state index in [1.165, 1.54) is 30.3 Å². The number of nitrogens with one attached hydrogen (secondary N) is 1. The third-order valence-corrected chi connectivity index (χ3v) is 4.44. The topological polar surface area (TPSA) is 68.5 Å². The van der Waals surface area contributed by atoms with Crippen molar-refractivity contribution in [3.05, 3.63) is 81.7 Å². The molecule has 4 rings (SSSR count). The molecule has 0 bridgehead atoms. The molecular weight excluding hydrogens is 385 g/mol. The van der Waals surface area contributed by atoms with E-state index in [2.05, 4.69) is 5.32 Å². The van der Waals surface area contributed by atoms with E-state index in [9.17, 15) is 14.0 Å². The lowest BCUT2D eigenvalue weighted by atomic mass is 10.1. The van der Waals surface area contributed by atoms with Gasteiger partial charge in [-0.2, -0.15) is 0 Å². The van der Waals surface area contributed by atoms with Crippen LogP contribution in [-0.2, 0) is 4.79 Å². The molecule has 1 N–H and O–H groups in total. The van der Waals surface area contributed by atoms with E-state index >= 15 is 0 Å². The Morgan fingerprint density at radius 3 is 2.71 bits per heavy atom. The minimum atomic E-state index is -0.626. The van der Waals surface area contributed by atoms with Gasteiger partial charge in [-0.1, -0.05) is 29.8 Å². The largest absolute Gasteiger partial charge is 0.482 e. The van der Waals surface area contributed by atoms with Gasteiger partial charge >= 0.3 is 0 Å². The molecule has 1 amide bonds. The van der Waals surface area contributed by atoms with E-state index in [-0.39, 0.29) is 28.6 Å². The van der Waals surface area contributed by atoms with Gasteiger partial charge in [0.1, 0.15) is 11.3 Å². The lowest BCUT2D eigenvalue weighted by molar-refractivity contribution is -0.118. The van der Waals surface area contributed by atoms with Gasteiger partial charge in [-0.3, -0.25) is 9.59 Å². The van der Waals surface area contributed by atoms with E-state index in [1.54, 1.807) is 30.3 Å². The first-order valence-corrected chi connectivity index (χ1v) is 8.73. The van der Waals surface area contributed by atoms with Crippen molar-refractivity contribution in [2.45, 2.75) is 0 Å². The number of hydrogen-bond donors (Lipinski definition) is 1. The first kappa shape index (κ1) is 18.0. The van der Waals surface area contributed by atoms with Crippen LogP contribution < -0.4 is 15.5 Å². The molecule has 0 saturated carbocycles. The van der Waals surface area contributed by atoms with Crippen molar-refractivity contribution in [2.75, 3.05) is 11.9 Å². The smallest absolute Gasteiger partial charge is 0.262 e. The second kappa shape index (κ2) is 7.32. The normalized spacial score (nSPS) is 10.9. The summed E-state index contributed by atoms with van der Waals surface area (Å²) in [5, 5.41) is 3.50. The van der Waals surface area contributed by atoms with Crippen molar-refractivity contribution >= 4 is 45.1 Å². The van der Waals surface area contributed by atoms with Gasteiger partial charge in [-0.15, -0.1) is 0 Å². The zero-order valence-corrected chi connectivity index (χ0v) is 15.1. The van der Waals surface area contributed by atoms with Crippen molar-refractivity contribution in [2.24, 2.45) is 0 Å². The molecule has 0 aliphatic heterocycles. The molecule has 0 saturated heterocycles. The molecule has 3 aromatic carbocycles. The number of hydrogen-bond acceptors (Lipinski definition) is 4. The summed E-state index contributed by atoms with van der Waals surface area (Å²) in [6.07, 6.45) is 0. The minimum absolute atomic E-state index is 0.120. The highest BCUT2D eigenvalue weighted by atomic mass is 35.5. The number of amides is 1. The van der Waals surface area contributed by atoms with Crippen LogP contribution in [-0.4, -0.2) is 12.5 Å². The quantitative estimate of drug-likeness (QED) is 0.504. The van der Waals surface area contributed by atoms with Crippen molar-refractivity contribution < 1.29 is 18.3 Å². The highest BCUT2D eigenvalue weighted by Crippen LogP contribution is 2.24. The molecule has 140 valence electrons. The predicted molar refractivity (Wildman–Crippen MR) is 106 cm³/mol. The van der Waals surface area contributed by atoms with Gasteiger partial charge in [0.2, 0.25) is 5.43 Å². The molecule has 0 aliphatic carbocycles. The van der Waals surface area contributed by atoms with E-state index in [4.69, 9.17) is 20.8 Å². The fourth-order valence-corrected chi connectivity index (χ4v) is 3.01. The molecule has 7 heteroatoms. The SMILES string of the molecule is O=C(COc1ccccc1Cl)Nc1ccc2c(=O)c3cccc(F)c3oc2c1. The summed E-state index contributed by atoms with van der Waals surface area (Å²) in [5.41, 5.74) is 0.104. The number of ether oxygens (including phenoxy) is 1. The molecule has 0 fully saturated rings. The zero-order valence-electron chi connectivity index (χ0n) is 14.4. The van der Waals surface area contributed by atoms with Gasteiger partial charge < -0.3 is 14.5 Å². The zero-order chi connectivity index (χ0) is 19.7. The molecule has 4 aromatic rings. The van der Waals surface area contributed by atoms with Gasteiger partial charge in [0.15, 0.2) is 18.0 Å². The molecular formula is C21H13ClFNO4. The molecule has 1 aromatic heterocycles. The number of carbonyl (C=O) groups excluding carboxylic acids is 1. The summed E-state index contributed by atoms with van der Waals surface area (Å²) in [6, 6.07) is 15.5. The van der Waals surface area contributed by atoms with Crippen LogP contribution in [0.3, 0.4) is 0 Å². The number of rotatable bonds is 4. The summed E-state index contributed by atoms with van der Waals surface area (Å²) >= 11 is 5.98. The average Bonchev–Trinajstić information content (AvgIpc) is 2.68. The lowest BCUT2D eigenvalue weighted by Gasteiger charge is -2.09. The van der Waals surface area contributed by atoms with Crippen LogP contribution in [0.15, 0.2) is 69.9 Å².